The minimum Gasteiger partial charge on any atom is -0.506 e. The first kappa shape index (κ1) is 13.8. The topological polar surface area (TPSA) is 84.6 Å². The summed E-state index contributed by atoms with van der Waals surface area (Å²) in [5, 5.41) is 12.5. The molecule has 1 aliphatic heterocycles. The van der Waals surface area contributed by atoms with Crippen LogP contribution in [0.2, 0.25) is 0 Å². The van der Waals surface area contributed by atoms with E-state index in [1.54, 1.807) is 19.1 Å². The Balaban J connectivity index is 2.19. The number of ether oxygens (including phenoxy) is 1. The fourth-order valence-corrected chi connectivity index (χ4v) is 2.09. The Morgan fingerprint density at radius 2 is 2.37 bits per heavy atom. The highest BCUT2D eigenvalue weighted by Crippen LogP contribution is 2.31. The molecule has 0 spiro atoms. The predicted molar refractivity (Wildman–Crippen MR) is 73.0 cm³/mol. The van der Waals surface area contributed by atoms with Gasteiger partial charge < -0.3 is 20.9 Å². The number of hydrogen-bond donors (Lipinski definition) is 3. The molecule has 1 heterocycles. The first-order valence-corrected chi connectivity index (χ1v) is 6.44. The van der Waals surface area contributed by atoms with Crippen LogP contribution < -0.4 is 11.1 Å². The summed E-state index contributed by atoms with van der Waals surface area (Å²) >= 11 is 0. The Morgan fingerprint density at radius 3 is 2.95 bits per heavy atom. The molecule has 0 aromatic heterocycles. The summed E-state index contributed by atoms with van der Waals surface area (Å²) in [5.74, 6) is -0.164. The van der Waals surface area contributed by atoms with Crippen molar-refractivity contribution in [2.24, 2.45) is 11.1 Å². The van der Waals surface area contributed by atoms with Crippen molar-refractivity contribution in [3.8, 4) is 5.75 Å². The molecular formula is C14H20N2O3. The number of nitrogens with two attached hydrogens (primary N) is 1. The highest BCUT2D eigenvalue weighted by Gasteiger charge is 2.44. The molecule has 4 N–H and O–H groups in total. The largest absolute Gasteiger partial charge is 0.506 e. The Hall–Kier alpha value is -1.59. The average molecular weight is 264 g/mol. The van der Waals surface area contributed by atoms with Gasteiger partial charge in [0.15, 0.2) is 0 Å². The number of phenols is 1. The van der Waals surface area contributed by atoms with Crippen molar-refractivity contribution in [1.82, 2.24) is 0 Å². The normalized spacial score (nSPS) is 26.4. The molecule has 1 saturated heterocycles. The van der Waals surface area contributed by atoms with E-state index in [2.05, 4.69) is 5.32 Å². The standard InChI is InChI=1S/C14H20N2O3/c1-3-9-4-5-11(17)10(6-9)16-13(18)14(2)8-19-7-12(14)15/h4-6,12,17H,3,7-8,15H2,1-2H3,(H,16,18). The van der Waals surface area contributed by atoms with E-state index >= 15 is 0 Å². The quantitative estimate of drug-likeness (QED) is 0.717. The summed E-state index contributed by atoms with van der Waals surface area (Å²) < 4.78 is 5.26. The van der Waals surface area contributed by atoms with Crippen molar-refractivity contribution in [1.29, 1.82) is 0 Å². The van der Waals surface area contributed by atoms with Gasteiger partial charge in [-0.2, -0.15) is 0 Å². The van der Waals surface area contributed by atoms with E-state index in [4.69, 9.17) is 10.5 Å². The highest BCUT2D eigenvalue weighted by atomic mass is 16.5. The number of hydrogen-bond acceptors (Lipinski definition) is 4. The highest BCUT2D eigenvalue weighted by molar-refractivity contribution is 5.97. The molecule has 104 valence electrons. The zero-order valence-corrected chi connectivity index (χ0v) is 11.3. The van der Waals surface area contributed by atoms with Crippen LogP contribution >= 0.6 is 0 Å². The van der Waals surface area contributed by atoms with Crippen LogP contribution in [0.1, 0.15) is 19.4 Å². The molecule has 2 rings (SSSR count). The van der Waals surface area contributed by atoms with Crippen LogP contribution in [0.25, 0.3) is 0 Å². The molecule has 1 aromatic rings. The van der Waals surface area contributed by atoms with E-state index in [0.717, 1.165) is 12.0 Å². The van der Waals surface area contributed by atoms with Gasteiger partial charge in [0.1, 0.15) is 5.75 Å². The summed E-state index contributed by atoms with van der Waals surface area (Å²) in [6.07, 6.45) is 0.836. The van der Waals surface area contributed by atoms with Crippen molar-refractivity contribution >= 4 is 11.6 Å². The Kier molecular flexibility index (Phi) is 3.78. The van der Waals surface area contributed by atoms with E-state index < -0.39 is 5.41 Å². The van der Waals surface area contributed by atoms with Gasteiger partial charge in [0.25, 0.3) is 0 Å². The number of nitrogens with one attached hydrogen (secondary N) is 1. The SMILES string of the molecule is CCc1ccc(O)c(NC(=O)C2(C)COCC2N)c1. The number of rotatable bonds is 3. The molecule has 2 atom stereocenters. The third kappa shape index (κ3) is 2.57. The van der Waals surface area contributed by atoms with E-state index in [1.165, 1.54) is 0 Å². The van der Waals surface area contributed by atoms with Crippen molar-refractivity contribution in [3.05, 3.63) is 23.8 Å². The minimum absolute atomic E-state index is 0.0571. The van der Waals surface area contributed by atoms with Crippen molar-refractivity contribution < 1.29 is 14.6 Å². The van der Waals surface area contributed by atoms with E-state index in [1.807, 2.05) is 13.0 Å². The molecule has 0 saturated carbocycles. The van der Waals surface area contributed by atoms with Gasteiger partial charge in [-0.3, -0.25) is 4.79 Å². The van der Waals surface area contributed by atoms with E-state index in [-0.39, 0.29) is 17.7 Å². The Bertz CT molecular complexity index is 490. The second kappa shape index (κ2) is 5.19. The van der Waals surface area contributed by atoms with Crippen molar-refractivity contribution in [2.75, 3.05) is 18.5 Å². The summed E-state index contributed by atoms with van der Waals surface area (Å²) in [7, 11) is 0. The third-order valence-electron chi connectivity index (χ3n) is 3.75. The number of benzene rings is 1. The van der Waals surface area contributed by atoms with Gasteiger partial charge in [0.05, 0.1) is 24.3 Å². The number of carbonyl (C=O) groups excluding carboxylic acids is 1. The second-order valence-corrected chi connectivity index (χ2v) is 5.20. The van der Waals surface area contributed by atoms with Crippen molar-refractivity contribution in [3.63, 3.8) is 0 Å². The molecule has 1 aliphatic rings. The maximum atomic E-state index is 12.3. The van der Waals surface area contributed by atoms with Gasteiger partial charge in [-0.1, -0.05) is 13.0 Å². The lowest BCUT2D eigenvalue weighted by Crippen LogP contribution is -2.47. The van der Waals surface area contributed by atoms with Crippen LogP contribution in [-0.4, -0.2) is 30.3 Å². The first-order valence-electron chi connectivity index (χ1n) is 6.44. The van der Waals surface area contributed by atoms with Gasteiger partial charge in [-0.15, -0.1) is 0 Å². The molecule has 19 heavy (non-hydrogen) atoms. The van der Waals surface area contributed by atoms with Gasteiger partial charge in [0, 0.05) is 6.04 Å². The number of amides is 1. The summed E-state index contributed by atoms with van der Waals surface area (Å²) in [6.45, 7) is 4.47. The lowest BCUT2D eigenvalue weighted by Gasteiger charge is -2.25. The summed E-state index contributed by atoms with van der Waals surface area (Å²) in [5.41, 5.74) is 6.63. The van der Waals surface area contributed by atoms with Gasteiger partial charge in [-0.05, 0) is 31.0 Å². The van der Waals surface area contributed by atoms with Gasteiger partial charge in [0.2, 0.25) is 5.91 Å². The fourth-order valence-electron chi connectivity index (χ4n) is 2.09. The van der Waals surface area contributed by atoms with E-state index in [0.29, 0.717) is 18.9 Å². The lowest BCUT2D eigenvalue weighted by atomic mass is 9.84. The van der Waals surface area contributed by atoms with E-state index in [9.17, 15) is 9.90 Å². The Morgan fingerprint density at radius 1 is 1.63 bits per heavy atom. The summed E-state index contributed by atoms with van der Waals surface area (Å²) in [4.78, 5) is 12.3. The van der Waals surface area contributed by atoms with Gasteiger partial charge in [-0.25, -0.2) is 0 Å². The maximum Gasteiger partial charge on any atom is 0.234 e. The first-order chi connectivity index (χ1) is 8.97. The molecule has 0 radical (unpaired) electrons. The zero-order valence-electron chi connectivity index (χ0n) is 11.3. The number of phenolic OH excluding ortho intramolecular Hbond substituents is 1. The van der Waals surface area contributed by atoms with Crippen LogP contribution in [0.15, 0.2) is 18.2 Å². The smallest absolute Gasteiger partial charge is 0.234 e. The maximum absolute atomic E-state index is 12.3. The lowest BCUT2D eigenvalue weighted by molar-refractivity contribution is -0.125. The predicted octanol–water partition coefficient (Wildman–Crippen LogP) is 1.26. The van der Waals surface area contributed by atoms with Crippen molar-refractivity contribution in [2.45, 2.75) is 26.3 Å². The molecule has 1 amide bonds. The average Bonchev–Trinajstić information content (AvgIpc) is 2.73. The monoisotopic (exact) mass is 264 g/mol. The minimum atomic E-state index is -0.755. The number of aryl methyl sites for hydroxylation is 1. The van der Waals surface area contributed by atoms with Gasteiger partial charge >= 0.3 is 0 Å². The molecule has 1 fully saturated rings. The van der Waals surface area contributed by atoms with Crippen LogP contribution in [0.4, 0.5) is 5.69 Å². The molecular weight excluding hydrogens is 244 g/mol. The van der Waals surface area contributed by atoms with Crippen LogP contribution in [-0.2, 0) is 16.0 Å². The number of aromatic hydroxyl groups is 1. The molecule has 5 nitrogen and oxygen atoms in total. The van der Waals surface area contributed by atoms with Crippen LogP contribution in [0, 0.1) is 5.41 Å². The molecule has 5 heteroatoms. The number of anilines is 1. The number of carbonyl (C=O) groups is 1. The molecule has 1 aromatic carbocycles. The van der Waals surface area contributed by atoms with Crippen LogP contribution in [0.5, 0.6) is 5.75 Å². The Labute approximate surface area is 112 Å². The van der Waals surface area contributed by atoms with Crippen LogP contribution in [0.3, 0.4) is 0 Å². The second-order valence-electron chi connectivity index (χ2n) is 5.20. The molecule has 0 aliphatic carbocycles. The molecule has 2 unspecified atom stereocenters. The zero-order chi connectivity index (χ0) is 14.0. The third-order valence-corrected chi connectivity index (χ3v) is 3.75. The fraction of sp³-hybridized carbons (Fsp3) is 0.500. The molecule has 0 bridgehead atoms. The summed E-state index contributed by atoms with van der Waals surface area (Å²) in [6, 6.07) is 4.86.